The number of fused-ring (bicyclic) bond motifs is 1. The monoisotopic (exact) mass is 288 g/mol. The molecule has 0 aliphatic rings. The molecule has 2 aromatic heterocycles. The third-order valence-electron chi connectivity index (χ3n) is 2.88. The number of pyridine rings is 1. The normalized spacial score (nSPS) is 10.9. The fourth-order valence-corrected chi connectivity index (χ4v) is 2.14. The second-order valence-electron chi connectivity index (χ2n) is 4.33. The molecule has 3 aromatic rings. The van der Waals surface area contributed by atoms with Gasteiger partial charge in [0.1, 0.15) is 16.5 Å². The van der Waals surface area contributed by atoms with Gasteiger partial charge in [-0.2, -0.15) is 0 Å². The van der Waals surface area contributed by atoms with Crippen molar-refractivity contribution in [1.29, 1.82) is 0 Å². The number of anilines is 1. The molecule has 0 radical (unpaired) electrons. The lowest BCUT2D eigenvalue weighted by atomic mass is 10.1. The van der Waals surface area contributed by atoms with Crippen LogP contribution in [0.25, 0.3) is 11.0 Å². The minimum absolute atomic E-state index is 0.179. The first kappa shape index (κ1) is 12.7. The Morgan fingerprint density at radius 3 is 2.50 bits per heavy atom. The first-order valence-corrected chi connectivity index (χ1v) is 6.33. The first-order valence-electron chi connectivity index (χ1n) is 5.95. The molecule has 6 heteroatoms. The Kier molecular flexibility index (Phi) is 3.20. The van der Waals surface area contributed by atoms with Gasteiger partial charge in [0.25, 0.3) is 0 Å². The zero-order valence-corrected chi connectivity index (χ0v) is 11.1. The van der Waals surface area contributed by atoms with Crippen molar-refractivity contribution in [3.8, 4) is 0 Å². The molecule has 0 amide bonds. The van der Waals surface area contributed by atoms with Crippen molar-refractivity contribution in [2.24, 2.45) is 0 Å². The number of nitrogens with zero attached hydrogens (tertiary/aromatic N) is 3. The van der Waals surface area contributed by atoms with Crippen molar-refractivity contribution in [1.82, 2.24) is 15.0 Å². The lowest BCUT2D eigenvalue weighted by molar-refractivity contribution is 0.627. The van der Waals surface area contributed by atoms with Crippen LogP contribution in [0.3, 0.4) is 0 Å². The van der Waals surface area contributed by atoms with Crippen molar-refractivity contribution in [2.45, 2.75) is 6.42 Å². The van der Waals surface area contributed by atoms with Crippen LogP contribution in [-0.4, -0.2) is 15.0 Å². The summed E-state index contributed by atoms with van der Waals surface area (Å²) < 4.78 is 12.9. The molecule has 0 aliphatic carbocycles. The highest BCUT2D eigenvalue weighted by molar-refractivity contribution is 6.29. The van der Waals surface area contributed by atoms with Gasteiger partial charge in [0.05, 0.1) is 11.2 Å². The van der Waals surface area contributed by atoms with Gasteiger partial charge in [0.2, 0.25) is 5.95 Å². The smallest absolute Gasteiger partial charge is 0.220 e. The molecule has 0 aliphatic heterocycles. The van der Waals surface area contributed by atoms with Crippen molar-refractivity contribution < 1.29 is 4.39 Å². The Morgan fingerprint density at radius 1 is 1.00 bits per heavy atom. The molecule has 0 saturated heterocycles. The van der Waals surface area contributed by atoms with Crippen LogP contribution in [0, 0.1) is 5.82 Å². The van der Waals surface area contributed by atoms with Crippen LogP contribution in [0.5, 0.6) is 0 Å². The number of halogens is 2. The highest BCUT2D eigenvalue weighted by Crippen LogP contribution is 2.20. The van der Waals surface area contributed by atoms with Crippen molar-refractivity contribution in [3.05, 3.63) is 58.6 Å². The molecular weight excluding hydrogens is 279 g/mol. The van der Waals surface area contributed by atoms with E-state index in [2.05, 4.69) is 15.0 Å². The summed E-state index contributed by atoms with van der Waals surface area (Å²) in [7, 11) is 0. The number of benzene rings is 1. The summed E-state index contributed by atoms with van der Waals surface area (Å²) in [4.78, 5) is 12.6. The summed E-state index contributed by atoms with van der Waals surface area (Å²) in [6.45, 7) is 0. The highest BCUT2D eigenvalue weighted by atomic mass is 35.5. The van der Waals surface area contributed by atoms with E-state index in [1.165, 1.54) is 12.1 Å². The van der Waals surface area contributed by atoms with Crippen LogP contribution in [0.4, 0.5) is 10.3 Å². The molecule has 0 bridgehead atoms. The summed E-state index contributed by atoms with van der Waals surface area (Å²) in [5.74, 6) is -0.0966. The number of rotatable bonds is 2. The summed E-state index contributed by atoms with van der Waals surface area (Å²) in [6, 6.07) is 9.61. The molecule has 2 N–H and O–H groups in total. The van der Waals surface area contributed by atoms with Crippen LogP contribution < -0.4 is 5.73 Å². The van der Waals surface area contributed by atoms with E-state index in [1.54, 1.807) is 24.3 Å². The summed E-state index contributed by atoms with van der Waals surface area (Å²) in [6.07, 6.45) is 0.483. The Bertz CT molecular complexity index is 774. The molecular formula is C14H10ClFN4. The highest BCUT2D eigenvalue weighted by Gasteiger charge is 2.09. The average Bonchev–Trinajstić information content (AvgIpc) is 2.42. The van der Waals surface area contributed by atoms with Crippen LogP contribution >= 0.6 is 11.6 Å². The van der Waals surface area contributed by atoms with E-state index in [4.69, 9.17) is 17.3 Å². The van der Waals surface area contributed by atoms with Crippen molar-refractivity contribution >= 4 is 28.6 Å². The summed E-state index contributed by atoms with van der Waals surface area (Å²) in [5, 5.41) is 0.367. The molecule has 0 spiro atoms. The van der Waals surface area contributed by atoms with E-state index in [0.29, 0.717) is 28.3 Å². The lowest BCUT2D eigenvalue weighted by Gasteiger charge is -2.06. The van der Waals surface area contributed by atoms with Gasteiger partial charge in [-0.25, -0.2) is 19.3 Å². The second kappa shape index (κ2) is 5.02. The topological polar surface area (TPSA) is 64.7 Å². The van der Waals surface area contributed by atoms with E-state index >= 15 is 0 Å². The van der Waals surface area contributed by atoms with Gasteiger partial charge in [0, 0.05) is 6.42 Å². The molecule has 0 unspecified atom stereocenters. The van der Waals surface area contributed by atoms with Crippen molar-refractivity contribution in [3.63, 3.8) is 0 Å². The van der Waals surface area contributed by atoms with Gasteiger partial charge in [-0.3, -0.25) is 0 Å². The molecule has 2 heterocycles. The van der Waals surface area contributed by atoms with Crippen LogP contribution in [0.15, 0.2) is 36.4 Å². The van der Waals surface area contributed by atoms with E-state index < -0.39 is 0 Å². The van der Waals surface area contributed by atoms with Gasteiger partial charge < -0.3 is 5.73 Å². The molecule has 100 valence electrons. The fourth-order valence-electron chi connectivity index (χ4n) is 1.99. The Balaban J connectivity index is 2.10. The van der Waals surface area contributed by atoms with Gasteiger partial charge >= 0.3 is 0 Å². The number of nitrogen functional groups attached to an aromatic ring is 1. The minimum atomic E-state index is -0.276. The molecule has 20 heavy (non-hydrogen) atoms. The lowest BCUT2D eigenvalue weighted by Crippen LogP contribution is -2.03. The number of nitrogens with two attached hydrogens (primary N) is 1. The fraction of sp³-hybridized carbons (Fsp3) is 0.0714. The predicted molar refractivity (Wildman–Crippen MR) is 76.0 cm³/mol. The second-order valence-corrected chi connectivity index (χ2v) is 4.72. The standard InChI is InChI=1S/C14H10ClFN4/c15-12-6-5-10-13(20-12)11(19-14(17)18-10)7-8-1-3-9(16)4-2-8/h1-6H,7H2,(H2,17,18,19). The Hall–Kier alpha value is -2.27. The molecule has 0 saturated carbocycles. The molecule has 4 nitrogen and oxygen atoms in total. The molecule has 1 aromatic carbocycles. The summed E-state index contributed by atoms with van der Waals surface area (Å²) in [5.41, 5.74) is 8.52. The molecule has 0 fully saturated rings. The Morgan fingerprint density at radius 2 is 1.75 bits per heavy atom. The first-order chi connectivity index (χ1) is 9.61. The van der Waals surface area contributed by atoms with Gasteiger partial charge in [-0.1, -0.05) is 23.7 Å². The van der Waals surface area contributed by atoms with E-state index in [9.17, 15) is 4.39 Å². The van der Waals surface area contributed by atoms with Crippen molar-refractivity contribution in [2.75, 3.05) is 5.73 Å². The van der Waals surface area contributed by atoms with E-state index in [-0.39, 0.29) is 11.8 Å². The third-order valence-corrected chi connectivity index (χ3v) is 3.09. The van der Waals surface area contributed by atoms with Crippen LogP contribution in [-0.2, 0) is 6.42 Å². The third kappa shape index (κ3) is 2.53. The number of aromatic nitrogens is 3. The summed E-state index contributed by atoms with van der Waals surface area (Å²) >= 11 is 5.91. The maximum absolute atomic E-state index is 12.9. The Labute approximate surface area is 119 Å². The zero-order chi connectivity index (χ0) is 14.1. The zero-order valence-electron chi connectivity index (χ0n) is 10.3. The predicted octanol–water partition coefficient (Wildman–Crippen LogP) is 2.99. The largest absolute Gasteiger partial charge is 0.368 e. The van der Waals surface area contributed by atoms with Gasteiger partial charge in [-0.05, 0) is 29.8 Å². The van der Waals surface area contributed by atoms with E-state index in [0.717, 1.165) is 5.56 Å². The number of hydrogen-bond acceptors (Lipinski definition) is 4. The van der Waals surface area contributed by atoms with Gasteiger partial charge in [0.15, 0.2) is 0 Å². The average molecular weight is 289 g/mol. The maximum atomic E-state index is 12.9. The van der Waals surface area contributed by atoms with Crippen LogP contribution in [0.2, 0.25) is 5.15 Å². The molecule has 0 atom stereocenters. The SMILES string of the molecule is Nc1nc(Cc2ccc(F)cc2)c2nc(Cl)ccc2n1. The van der Waals surface area contributed by atoms with E-state index in [1.807, 2.05) is 0 Å². The maximum Gasteiger partial charge on any atom is 0.220 e. The van der Waals surface area contributed by atoms with Gasteiger partial charge in [-0.15, -0.1) is 0 Å². The quantitative estimate of drug-likeness (QED) is 0.736. The van der Waals surface area contributed by atoms with Crippen LogP contribution in [0.1, 0.15) is 11.3 Å². The number of hydrogen-bond donors (Lipinski definition) is 1. The molecule has 3 rings (SSSR count). The minimum Gasteiger partial charge on any atom is -0.368 e.